The molecule has 170 valence electrons. The summed E-state index contributed by atoms with van der Waals surface area (Å²) < 4.78 is 12.0. The van der Waals surface area contributed by atoms with Gasteiger partial charge in [-0.1, -0.05) is 41.6 Å². The van der Waals surface area contributed by atoms with Gasteiger partial charge in [-0.25, -0.2) is 5.01 Å². The second kappa shape index (κ2) is 10.7. The first-order valence-corrected chi connectivity index (χ1v) is 11.5. The SMILES string of the molecule is CC(=O)NC1=NN(C(C)=O)[C@H](c2cc(Cl)ccc2OCCCOc2c(C)cccc2C)S1. The van der Waals surface area contributed by atoms with Crippen LogP contribution in [0.2, 0.25) is 5.02 Å². The molecule has 0 aliphatic carbocycles. The smallest absolute Gasteiger partial charge is 0.241 e. The number of rotatable bonds is 7. The second-order valence-electron chi connectivity index (χ2n) is 7.37. The third-order valence-electron chi connectivity index (χ3n) is 4.69. The van der Waals surface area contributed by atoms with E-state index in [0.717, 1.165) is 16.9 Å². The molecule has 0 saturated heterocycles. The summed E-state index contributed by atoms with van der Waals surface area (Å²) in [4.78, 5) is 23.6. The monoisotopic (exact) mass is 475 g/mol. The van der Waals surface area contributed by atoms with E-state index in [9.17, 15) is 9.59 Å². The fourth-order valence-corrected chi connectivity index (χ4v) is 4.59. The van der Waals surface area contributed by atoms with Crippen molar-refractivity contribution in [2.45, 2.75) is 39.5 Å². The van der Waals surface area contributed by atoms with E-state index in [2.05, 4.69) is 10.4 Å². The topological polar surface area (TPSA) is 80.2 Å². The van der Waals surface area contributed by atoms with Crippen LogP contribution in [-0.4, -0.2) is 35.2 Å². The number of ether oxygens (including phenoxy) is 2. The molecule has 1 N–H and O–H groups in total. The molecule has 3 rings (SSSR count). The van der Waals surface area contributed by atoms with Crippen LogP contribution in [0.5, 0.6) is 11.5 Å². The maximum absolute atomic E-state index is 12.1. The third-order valence-corrected chi connectivity index (χ3v) is 6.01. The van der Waals surface area contributed by atoms with Crippen molar-refractivity contribution in [3.8, 4) is 11.5 Å². The quantitative estimate of drug-likeness (QED) is 0.581. The standard InChI is InChI=1S/C23H26ClN3O4S/c1-14-7-5-8-15(2)21(14)31-12-6-11-30-20-10-9-18(24)13-19(20)22-27(17(4)29)26-23(32-22)25-16(3)28/h5,7-10,13,22H,6,11-12H2,1-4H3,(H,25,26,28)/t22-/m0/s1. The Balaban J connectivity index is 1.66. The molecule has 0 radical (unpaired) electrons. The molecule has 0 bridgehead atoms. The molecule has 0 saturated carbocycles. The summed E-state index contributed by atoms with van der Waals surface area (Å²) in [6.45, 7) is 7.80. The van der Waals surface area contributed by atoms with Crippen LogP contribution in [0.1, 0.15) is 42.3 Å². The highest BCUT2D eigenvalue weighted by molar-refractivity contribution is 8.14. The molecule has 9 heteroatoms. The van der Waals surface area contributed by atoms with Gasteiger partial charge in [-0.05, 0) is 43.2 Å². The summed E-state index contributed by atoms with van der Waals surface area (Å²) in [5.41, 5.74) is 2.91. The molecule has 2 aromatic carbocycles. The lowest BCUT2D eigenvalue weighted by molar-refractivity contribution is -0.129. The number of hydrazone groups is 1. The van der Waals surface area contributed by atoms with E-state index in [4.69, 9.17) is 21.1 Å². The molecule has 0 spiro atoms. The van der Waals surface area contributed by atoms with Crippen molar-refractivity contribution in [3.63, 3.8) is 0 Å². The van der Waals surface area contributed by atoms with Crippen molar-refractivity contribution < 1.29 is 19.1 Å². The fraction of sp³-hybridized carbons (Fsp3) is 0.348. The molecule has 7 nitrogen and oxygen atoms in total. The Morgan fingerprint density at radius 1 is 1.12 bits per heavy atom. The van der Waals surface area contributed by atoms with Gasteiger partial charge in [0, 0.05) is 30.9 Å². The number of aryl methyl sites for hydroxylation is 2. The highest BCUT2D eigenvalue weighted by Crippen LogP contribution is 2.43. The molecule has 0 unspecified atom stereocenters. The number of carbonyl (C=O) groups is 2. The van der Waals surface area contributed by atoms with E-state index >= 15 is 0 Å². The Labute approximate surface area is 197 Å². The number of amidine groups is 1. The number of amides is 2. The predicted molar refractivity (Wildman–Crippen MR) is 127 cm³/mol. The van der Waals surface area contributed by atoms with Gasteiger partial charge < -0.3 is 14.8 Å². The van der Waals surface area contributed by atoms with Crippen LogP contribution in [0, 0.1) is 13.8 Å². The van der Waals surface area contributed by atoms with Crippen LogP contribution in [0.15, 0.2) is 41.5 Å². The molecule has 0 fully saturated rings. The van der Waals surface area contributed by atoms with Gasteiger partial charge in [0.1, 0.15) is 16.9 Å². The first-order valence-electron chi connectivity index (χ1n) is 10.2. The minimum absolute atomic E-state index is 0.254. The average molecular weight is 476 g/mol. The van der Waals surface area contributed by atoms with E-state index in [-0.39, 0.29) is 11.8 Å². The molecule has 0 aromatic heterocycles. The summed E-state index contributed by atoms with van der Waals surface area (Å²) in [5.74, 6) is 0.994. The van der Waals surface area contributed by atoms with Gasteiger partial charge in [0.2, 0.25) is 11.8 Å². The Morgan fingerprint density at radius 2 is 1.81 bits per heavy atom. The largest absolute Gasteiger partial charge is 0.493 e. The number of para-hydroxylation sites is 1. The summed E-state index contributed by atoms with van der Waals surface area (Å²) >= 11 is 7.48. The zero-order chi connectivity index (χ0) is 23.3. The van der Waals surface area contributed by atoms with Crippen molar-refractivity contribution in [1.82, 2.24) is 10.3 Å². The van der Waals surface area contributed by atoms with Crippen molar-refractivity contribution >= 4 is 40.3 Å². The maximum atomic E-state index is 12.1. The van der Waals surface area contributed by atoms with E-state index in [0.29, 0.717) is 41.1 Å². The summed E-state index contributed by atoms with van der Waals surface area (Å²) in [5, 5.41) is 8.56. The van der Waals surface area contributed by atoms with Gasteiger partial charge in [0.15, 0.2) is 5.17 Å². The summed E-state index contributed by atoms with van der Waals surface area (Å²) in [7, 11) is 0. The Morgan fingerprint density at radius 3 is 2.47 bits per heavy atom. The highest BCUT2D eigenvalue weighted by atomic mass is 35.5. The molecular formula is C23H26ClN3O4S. The number of nitrogens with one attached hydrogen (secondary N) is 1. The van der Waals surface area contributed by atoms with Crippen LogP contribution in [0.25, 0.3) is 0 Å². The zero-order valence-corrected chi connectivity index (χ0v) is 20.0. The lowest BCUT2D eigenvalue weighted by atomic mass is 10.1. The maximum Gasteiger partial charge on any atom is 0.241 e. The minimum atomic E-state index is -0.492. The number of hydrogen-bond acceptors (Lipinski definition) is 6. The second-order valence-corrected chi connectivity index (χ2v) is 8.88. The van der Waals surface area contributed by atoms with E-state index in [1.165, 1.54) is 30.6 Å². The summed E-state index contributed by atoms with van der Waals surface area (Å²) in [6, 6.07) is 11.3. The third kappa shape index (κ3) is 5.95. The van der Waals surface area contributed by atoms with E-state index in [1.807, 2.05) is 32.0 Å². The molecule has 1 aliphatic rings. The van der Waals surface area contributed by atoms with Crippen LogP contribution in [0.3, 0.4) is 0 Å². The highest BCUT2D eigenvalue weighted by Gasteiger charge is 2.34. The number of nitrogens with zero attached hydrogens (tertiary/aromatic N) is 2. The minimum Gasteiger partial charge on any atom is -0.493 e. The van der Waals surface area contributed by atoms with Crippen molar-refractivity contribution in [2.24, 2.45) is 5.10 Å². The summed E-state index contributed by atoms with van der Waals surface area (Å²) in [6.07, 6.45) is 0.678. The molecule has 1 aliphatic heterocycles. The number of halogens is 1. The van der Waals surface area contributed by atoms with Crippen molar-refractivity contribution in [3.05, 3.63) is 58.1 Å². The lowest BCUT2D eigenvalue weighted by Gasteiger charge is -2.22. The first-order chi connectivity index (χ1) is 15.3. The molecule has 32 heavy (non-hydrogen) atoms. The van der Waals surface area contributed by atoms with E-state index < -0.39 is 5.37 Å². The molecular weight excluding hydrogens is 450 g/mol. The molecule has 1 atom stereocenters. The van der Waals surface area contributed by atoms with Crippen LogP contribution in [0.4, 0.5) is 0 Å². The van der Waals surface area contributed by atoms with Crippen molar-refractivity contribution in [2.75, 3.05) is 13.2 Å². The van der Waals surface area contributed by atoms with Crippen LogP contribution < -0.4 is 14.8 Å². The van der Waals surface area contributed by atoms with Gasteiger partial charge in [-0.3, -0.25) is 9.59 Å². The number of carbonyl (C=O) groups excluding carboxylic acids is 2. The van der Waals surface area contributed by atoms with Gasteiger partial charge in [0.05, 0.1) is 13.2 Å². The molecule has 1 heterocycles. The number of hydrogen-bond donors (Lipinski definition) is 1. The normalized spacial score (nSPS) is 15.3. The fourth-order valence-electron chi connectivity index (χ4n) is 3.25. The number of benzene rings is 2. The Hall–Kier alpha value is -2.71. The molecule has 2 amide bonds. The van der Waals surface area contributed by atoms with Gasteiger partial charge in [-0.2, -0.15) is 0 Å². The van der Waals surface area contributed by atoms with Crippen LogP contribution >= 0.6 is 23.4 Å². The van der Waals surface area contributed by atoms with Gasteiger partial charge >= 0.3 is 0 Å². The van der Waals surface area contributed by atoms with E-state index in [1.54, 1.807) is 18.2 Å². The predicted octanol–water partition coefficient (Wildman–Crippen LogP) is 4.81. The van der Waals surface area contributed by atoms with Gasteiger partial charge in [-0.15, -0.1) is 5.10 Å². The van der Waals surface area contributed by atoms with Crippen LogP contribution in [-0.2, 0) is 9.59 Å². The number of thioether (sulfide) groups is 1. The zero-order valence-electron chi connectivity index (χ0n) is 18.5. The lowest BCUT2D eigenvalue weighted by Crippen LogP contribution is -2.25. The average Bonchev–Trinajstić information content (AvgIpc) is 3.14. The Bertz CT molecular complexity index is 1020. The first kappa shape index (κ1) is 23.9. The van der Waals surface area contributed by atoms with Crippen molar-refractivity contribution in [1.29, 1.82) is 0 Å². The van der Waals surface area contributed by atoms with Gasteiger partial charge in [0.25, 0.3) is 0 Å². The Kier molecular flexibility index (Phi) is 8.04. The molecule has 2 aromatic rings.